The highest BCUT2D eigenvalue weighted by Gasteiger charge is 0.836. The third kappa shape index (κ3) is 15.3. The molecule has 0 aromatic heterocycles. The van der Waals surface area contributed by atoms with Gasteiger partial charge in [0, 0.05) is 0 Å². The summed E-state index contributed by atoms with van der Waals surface area (Å²) < 4.78 is 0. The molecule has 0 saturated carbocycles. The highest BCUT2D eigenvalue weighted by Crippen LogP contribution is 0.846. The smallest absolute Gasteiger partial charge is 0.0195 e. The van der Waals surface area contributed by atoms with E-state index >= 15 is 0 Å². The molecule has 0 radical (unpaired) electrons. The maximum Gasteiger partial charge on any atom is -0.0195 e. The Balaban J connectivity index is -0.00000000500. The zero-order chi connectivity index (χ0) is 2.00. The van der Waals surface area contributed by atoms with Crippen molar-refractivity contribution in [1.82, 2.24) is 0 Å². The van der Waals surface area contributed by atoms with E-state index in [2.05, 4.69) is 5.73 Å². The normalized spacial score (nSPS) is 1.50. The van der Waals surface area contributed by atoms with Crippen molar-refractivity contribution in [2.75, 3.05) is 7.05 Å². The average Bonchev–Trinajstić information content (AvgIpc) is 1.00. The summed E-state index contributed by atoms with van der Waals surface area (Å²) in [6.07, 6.45) is 0. The van der Waals surface area contributed by atoms with Crippen molar-refractivity contribution in [1.29, 1.82) is 0 Å². The maximum atomic E-state index is 4.50. The summed E-state index contributed by atoms with van der Waals surface area (Å²) in [6.45, 7) is 0. The molecule has 2 N–H and O–H groups in total. The third-order valence-electron chi connectivity index (χ3n) is 0. The van der Waals surface area contributed by atoms with Crippen LogP contribution in [0, 0.1) is 0 Å². The second-order valence-electron chi connectivity index (χ2n) is 0. The van der Waals surface area contributed by atoms with Crippen LogP contribution >= 0.6 is 29.4 Å². The van der Waals surface area contributed by atoms with Gasteiger partial charge in [-0.2, -0.15) is 0 Å². The number of halogens is 2. The predicted octanol–water partition coefficient (Wildman–Crippen LogP) is 0.575. The molecule has 0 atom stereocenters. The highest BCUT2D eigenvalue weighted by molar-refractivity contribution is 8.93. The van der Waals surface area contributed by atoms with E-state index in [1.54, 1.807) is 0 Å². The van der Waals surface area contributed by atoms with E-state index < -0.39 is 0 Å². The minimum atomic E-state index is 0. The van der Waals surface area contributed by atoms with Crippen molar-refractivity contribution in [2.45, 2.75) is 0 Å². The maximum absolute atomic E-state index is 4.50. The van der Waals surface area contributed by atoms with Gasteiger partial charge in [-0.3, -0.25) is 0 Å². The summed E-state index contributed by atoms with van der Waals surface area (Å²) in [4.78, 5) is 0. The summed E-state index contributed by atoms with van der Waals surface area (Å²) in [5.41, 5.74) is 4.50. The molecule has 0 aromatic rings. The van der Waals surface area contributed by atoms with Crippen LogP contribution in [0.25, 0.3) is 0 Å². The zero-order valence-electron chi connectivity index (χ0n) is 2.39. The van der Waals surface area contributed by atoms with Gasteiger partial charge in [0.05, 0.1) is 0 Å². The molecule has 0 bridgehead atoms. The Morgan fingerprint density at radius 2 is 1.25 bits per heavy atom. The second-order valence-corrected chi connectivity index (χ2v) is 0. The van der Waals surface area contributed by atoms with Crippen molar-refractivity contribution in [3.8, 4) is 0 Å². The molecular formula is CH7BrClN. The van der Waals surface area contributed by atoms with Gasteiger partial charge in [0.25, 0.3) is 0 Å². The Labute approximate surface area is 42.7 Å². The first-order chi connectivity index (χ1) is 1.00. The molecule has 0 aliphatic heterocycles. The van der Waals surface area contributed by atoms with Gasteiger partial charge in [-0.05, 0) is 7.05 Å². The van der Waals surface area contributed by atoms with E-state index in [4.69, 9.17) is 0 Å². The van der Waals surface area contributed by atoms with Crippen molar-refractivity contribution in [3.63, 3.8) is 0 Å². The Hall–Kier alpha value is 0.730. The van der Waals surface area contributed by atoms with E-state index in [9.17, 15) is 0 Å². The second kappa shape index (κ2) is 52.2. The molecule has 0 aliphatic carbocycles. The summed E-state index contributed by atoms with van der Waals surface area (Å²) in [7, 11) is 1.50. The highest BCUT2D eigenvalue weighted by atomic mass is 79.9. The largest absolute Gasteiger partial charge is 0.333 e. The van der Waals surface area contributed by atoms with Gasteiger partial charge in [0.15, 0.2) is 0 Å². The lowest BCUT2D eigenvalue weighted by Gasteiger charge is -1.19. The van der Waals surface area contributed by atoms with E-state index in [0.29, 0.717) is 0 Å². The molecule has 0 aromatic carbocycles. The van der Waals surface area contributed by atoms with Gasteiger partial charge >= 0.3 is 0 Å². The average molecular weight is 148 g/mol. The number of nitrogens with two attached hydrogens (primary N) is 1. The number of hydrogen-bond acceptors (Lipinski definition) is 1. The molecule has 0 heterocycles. The fourth-order valence-electron chi connectivity index (χ4n) is 0. The molecule has 0 fully saturated rings. The molecule has 4 heavy (non-hydrogen) atoms. The third-order valence-corrected chi connectivity index (χ3v) is 0. The summed E-state index contributed by atoms with van der Waals surface area (Å²) >= 11 is 0. The van der Waals surface area contributed by atoms with E-state index in [1.165, 1.54) is 7.05 Å². The molecule has 0 saturated heterocycles. The van der Waals surface area contributed by atoms with Crippen LogP contribution in [0.15, 0.2) is 0 Å². The van der Waals surface area contributed by atoms with Crippen LogP contribution in [-0.2, 0) is 0 Å². The summed E-state index contributed by atoms with van der Waals surface area (Å²) in [5.74, 6) is 0. The van der Waals surface area contributed by atoms with Crippen LogP contribution in [0.4, 0.5) is 0 Å². The molecule has 0 amide bonds. The van der Waals surface area contributed by atoms with Gasteiger partial charge < -0.3 is 5.73 Å². The first kappa shape index (κ1) is 22.0. The van der Waals surface area contributed by atoms with Crippen molar-refractivity contribution < 1.29 is 0 Å². The zero-order valence-corrected chi connectivity index (χ0v) is 4.92. The first-order valence-corrected chi connectivity index (χ1v) is 0.577. The lowest BCUT2D eigenvalue weighted by molar-refractivity contribution is 1.48. The molecule has 30 valence electrons. The van der Waals surface area contributed by atoms with Crippen molar-refractivity contribution in [3.05, 3.63) is 0 Å². The minimum Gasteiger partial charge on any atom is -0.333 e. The lowest BCUT2D eigenvalue weighted by Crippen LogP contribution is -1.69. The SMILES string of the molecule is Br.CN.Cl. The van der Waals surface area contributed by atoms with Gasteiger partial charge in [-0.25, -0.2) is 0 Å². The Kier molecular flexibility index (Phi) is 287. The topological polar surface area (TPSA) is 26.0 Å². The minimum absolute atomic E-state index is 0. The standard InChI is InChI=1S/CH5N.BrH.ClH/c1-2;;/h2H2,1H3;2*1H. The molecule has 1 nitrogen and oxygen atoms in total. The fraction of sp³-hybridized carbons (Fsp3) is 1.00. The van der Waals surface area contributed by atoms with E-state index in [1.807, 2.05) is 0 Å². The predicted molar refractivity (Wildman–Crippen MR) is 27.7 cm³/mol. The van der Waals surface area contributed by atoms with Gasteiger partial charge in [0.2, 0.25) is 0 Å². The molecule has 0 spiro atoms. The fourth-order valence-corrected chi connectivity index (χ4v) is 0. The molecule has 0 rings (SSSR count). The van der Waals surface area contributed by atoms with E-state index in [-0.39, 0.29) is 29.4 Å². The Bertz CT molecular complexity index is 8.00. The van der Waals surface area contributed by atoms with Gasteiger partial charge in [-0.15, -0.1) is 29.4 Å². The quantitative estimate of drug-likeness (QED) is 0.534. The Morgan fingerprint density at radius 3 is 1.25 bits per heavy atom. The van der Waals surface area contributed by atoms with Crippen LogP contribution < -0.4 is 5.73 Å². The van der Waals surface area contributed by atoms with Gasteiger partial charge in [0.1, 0.15) is 0 Å². The van der Waals surface area contributed by atoms with Crippen LogP contribution in [0.5, 0.6) is 0 Å². The van der Waals surface area contributed by atoms with E-state index in [0.717, 1.165) is 0 Å². The lowest BCUT2D eigenvalue weighted by atomic mass is 11.6. The molecular weight excluding hydrogens is 141 g/mol. The first-order valence-electron chi connectivity index (χ1n) is 0.577. The van der Waals surface area contributed by atoms with Crippen LogP contribution in [0.1, 0.15) is 0 Å². The monoisotopic (exact) mass is 147 g/mol. The van der Waals surface area contributed by atoms with Crippen LogP contribution in [0.2, 0.25) is 0 Å². The Morgan fingerprint density at radius 1 is 1.25 bits per heavy atom. The summed E-state index contributed by atoms with van der Waals surface area (Å²) in [5, 5.41) is 0. The molecule has 0 unspecified atom stereocenters. The molecule has 3 heteroatoms. The van der Waals surface area contributed by atoms with Crippen molar-refractivity contribution in [2.24, 2.45) is 5.73 Å². The van der Waals surface area contributed by atoms with Crippen LogP contribution in [0.3, 0.4) is 0 Å². The van der Waals surface area contributed by atoms with Gasteiger partial charge in [-0.1, -0.05) is 0 Å². The van der Waals surface area contributed by atoms with Crippen LogP contribution in [-0.4, -0.2) is 7.05 Å². The summed E-state index contributed by atoms with van der Waals surface area (Å²) in [6, 6.07) is 0. The molecule has 0 aliphatic rings. The number of hydrogen-bond donors (Lipinski definition) is 1. The van der Waals surface area contributed by atoms with Crippen molar-refractivity contribution >= 4 is 29.4 Å². The number of rotatable bonds is 0.